The second-order valence-electron chi connectivity index (χ2n) is 4.06. The van der Waals surface area contributed by atoms with E-state index in [-0.39, 0.29) is 11.9 Å². The molecule has 1 rings (SSSR count). The SMILES string of the molecule is CC[Si](CC1COC1)(OC(C)=O)OC(C)=O. The average molecular weight is 246 g/mol. The van der Waals surface area contributed by atoms with Gasteiger partial charge in [0.1, 0.15) is 0 Å². The fraction of sp³-hybridized carbons (Fsp3) is 0.800. The summed E-state index contributed by atoms with van der Waals surface area (Å²) in [6.45, 7) is 5.91. The van der Waals surface area contributed by atoms with Crippen LogP contribution in [0.2, 0.25) is 12.1 Å². The summed E-state index contributed by atoms with van der Waals surface area (Å²) in [5.41, 5.74) is 0. The fourth-order valence-electron chi connectivity index (χ4n) is 1.76. The zero-order valence-corrected chi connectivity index (χ0v) is 10.9. The third-order valence-corrected chi connectivity index (χ3v) is 6.10. The molecule has 6 heteroatoms. The van der Waals surface area contributed by atoms with Crippen LogP contribution in [0.25, 0.3) is 0 Å². The van der Waals surface area contributed by atoms with Crippen molar-refractivity contribution in [3.05, 3.63) is 0 Å². The van der Waals surface area contributed by atoms with Gasteiger partial charge >= 0.3 is 8.56 Å². The van der Waals surface area contributed by atoms with Crippen molar-refractivity contribution >= 4 is 20.5 Å². The van der Waals surface area contributed by atoms with E-state index >= 15 is 0 Å². The maximum Gasteiger partial charge on any atom is 0.464 e. The van der Waals surface area contributed by atoms with Crippen LogP contribution in [-0.4, -0.2) is 33.7 Å². The lowest BCUT2D eigenvalue weighted by Gasteiger charge is -2.34. The van der Waals surface area contributed by atoms with Crippen molar-refractivity contribution in [2.45, 2.75) is 32.9 Å². The number of hydrogen-bond donors (Lipinski definition) is 0. The molecule has 0 N–H and O–H groups in total. The molecule has 0 unspecified atom stereocenters. The molecule has 0 saturated carbocycles. The molecule has 0 atom stereocenters. The molecule has 1 heterocycles. The Kier molecular flexibility index (Phi) is 4.49. The molecule has 0 aliphatic carbocycles. The number of rotatable bonds is 5. The van der Waals surface area contributed by atoms with Gasteiger partial charge in [-0.1, -0.05) is 6.92 Å². The molecule has 1 aliphatic heterocycles. The summed E-state index contributed by atoms with van der Waals surface area (Å²) in [7, 11) is -2.71. The molecular formula is C10H18O5Si. The maximum atomic E-state index is 11.1. The number of hydrogen-bond acceptors (Lipinski definition) is 5. The molecule has 0 bridgehead atoms. The second kappa shape index (κ2) is 5.45. The highest BCUT2D eigenvalue weighted by Gasteiger charge is 2.45. The van der Waals surface area contributed by atoms with Gasteiger partial charge in [-0.15, -0.1) is 0 Å². The molecule has 1 aliphatic rings. The zero-order valence-electron chi connectivity index (χ0n) is 9.95. The molecule has 5 nitrogen and oxygen atoms in total. The van der Waals surface area contributed by atoms with E-state index in [1.54, 1.807) is 0 Å². The van der Waals surface area contributed by atoms with Crippen molar-refractivity contribution in [3.8, 4) is 0 Å². The van der Waals surface area contributed by atoms with E-state index in [2.05, 4.69) is 0 Å². The molecule has 92 valence electrons. The summed E-state index contributed by atoms with van der Waals surface area (Å²) < 4.78 is 15.7. The predicted octanol–water partition coefficient (Wildman–Crippen LogP) is 1.22. The standard InChI is InChI=1S/C10H18O5Si/c1-4-16(14-8(2)11,15-9(3)12)7-10-5-13-6-10/h10H,4-7H2,1-3H3. The lowest BCUT2D eigenvalue weighted by molar-refractivity contribution is -0.139. The summed E-state index contributed by atoms with van der Waals surface area (Å²) in [6, 6.07) is 1.23. The summed E-state index contributed by atoms with van der Waals surface area (Å²) in [5, 5.41) is 0. The van der Waals surface area contributed by atoms with Crippen molar-refractivity contribution in [1.82, 2.24) is 0 Å². The van der Waals surface area contributed by atoms with Gasteiger partial charge in [-0.25, -0.2) is 0 Å². The molecule has 0 aromatic heterocycles. The molecule has 1 fully saturated rings. The van der Waals surface area contributed by atoms with E-state index in [0.717, 1.165) is 0 Å². The van der Waals surface area contributed by atoms with Crippen LogP contribution in [0.4, 0.5) is 0 Å². The third kappa shape index (κ3) is 3.60. The average Bonchev–Trinajstić information content (AvgIpc) is 2.09. The molecule has 0 spiro atoms. The van der Waals surface area contributed by atoms with Crippen molar-refractivity contribution in [1.29, 1.82) is 0 Å². The molecule has 16 heavy (non-hydrogen) atoms. The quantitative estimate of drug-likeness (QED) is 0.683. The van der Waals surface area contributed by atoms with Crippen LogP contribution >= 0.6 is 0 Å². The highest BCUT2D eigenvalue weighted by Crippen LogP contribution is 2.28. The minimum atomic E-state index is -2.71. The Morgan fingerprint density at radius 2 is 1.75 bits per heavy atom. The smallest absolute Gasteiger partial charge is 0.464 e. The van der Waals surface area contributed by atoms with Crippen LogP contribution in [0.15, 0.2) is 0 Å². The normalized spacial score (nSPS) is 16.4. The fourth-order valence-corrected chi connectivity index (χ4v) is 4.71. The Bertz CT molecular complexity index is 258. The van der Waals surface area contributed by atoms with E-state index < -0.39 is 8.56 Å². The van der Waals surface area contributed by atoms with Gasteiger partial charge in [-0.05, 0) is 0 Å². The predicted molar refractivity (Wildman–Crippen MR) is 58.9 cm³/mol. The van der Waals surface area contributed by atoms with Gasteiger partial charge in [0.05, 0.1) is 13.2 Å². The van der Waals surface area contributed by atoms with Gasteiger partial charge < -0.3 is 13.6 Å². The summed E-state index contributed by atoms with van der Waals surface area (Å²) in [6.07, 6.45) is 0. The molecule has 0 aromatic carbocycles. The van der Waals surface area contributed by atoms with Crippen LogP contribution in [0.5, 0.6) is 0 Å². The Hall–Kier alpha value is -0.883. The largest absolute Gasteiger partial charge is 0.485 e. The van der Waals surface area contributed by atoms with E-state index in [4.69, 9.17) is 13.6 Å². The van der Waals surface area contributed by atoms with Crippen LogP contribution in [0.1, 0.15) is 20.8 Å². The van der Waals surface area contributed by atoms with Gasteiger partial charge in [0.15, 0.2) is 0 Å². The minimum absolute atomic E-state index is 0.352. The number of carbonyl (C=O) groups is 2. The summed E-state index contributed by atoms with van der Waals surface area (Å²) in [4.78, 5) is 22.2. The first-order valence-electron chi connectivity index (χ1n) is 5.44. The van der Waals surface area contributed by atoms with Gasteiger partial charge in [-0.3, -0.25) is 9.59 Å². The van der Waals surface area contributed by atoms with E-state index in [9.17, 15) is 9.59 Å². The Morgan fingerprint density at radius 1 is 1.25 bits per heavy atom. The summed E-state index contributed by atoms with van der Waals surface area (Å²) in [5.74, 6) is -0.407. The first kappa shape index (κ1) is 13.2. The Morgan fingerprint density at radius 3 is 2.00 bits per heavy atom. The first-order chi connectivity index (χ1) is 7.47. The highest BCUT2D eigenvalue weighted by atomic mass is 28.4. The molecular weight excluding hydrogens is 228 g/mol. The van der Waals surface area contributed by atoms with Gasteiger partial charge in [0, 0.05) is 31.9 Å². The van der Waals surface area contributed by atoms with E-state index in [1.807, 2.05) is 6.92 Å². The van der Waals surface area contributed by atoms with Crippen LogP contribution in [0.3, 0.4) is 0 Å². The topological polar surface area (TPSA) is 61.8 Å². The van der Waals surface area contributed by atoms with Crippen LogP contribution < -0.4 is 0 Å². The van der Waals surface area contributed by atoms with Crippen molar-refractivity contribution in [2.75, 3.05) is 13.2 Å². The van der Waals surface area contributed by atoms with Crippen molar-refractivity contribution in [2.24, 2.45) is 5.92 Å². The van der Waals surface area contributed by atoms with Gasteiger partial charge in [0.25, 0.3) is 11.9 Å². The third-order valence-electron chi connectivity index (χ3n) is 2.50. The minimum Gasteiger partial charge on any atom is -0.485 e. The van der Waals surface area contributed by atoms with E-state index in [0.29, 0.717) is 31.2 Å². The lowest BCUT2D eigenvalue weighted by Crippen LogP contribution is -2.48. The summed E-state index contributed by atoms with van der Waals surface area (Å²) >= 11 is 0. The van der Waals surface area contributed by atoms with Crippen molar-refractivity contribution in [3.63, 3.8) is 0 Å². The Balaban J connectivity index is 2.68. The lowest BCUT2D eigenvalue weighted by atomic mass is 10.1. The monoisotopic (exact) mass is 246 g/mol. The maximum absolute atomic E-state index is 11.1. The van der Waals surface area contributed by atoms with Crippen LogP contribution in [0, 0.1) is 5.92 Å². The molecule has 0 amide bonds. The highest BCUT2D eigenvalue weighted by molar-refractivity contribution is 6.70. The first-order valence-corrected chi connectivity index (χ1v) is 7.67. The Labute approximate surface area is 96.3 Å². The van der Waals surface area contributed by atoms with Gasteiger partial charge in [0.2, 0.25) is 0 Å². The molecule has 0 aromatic rings. The number of ether oxygens (including phenoxy) is 1. The van der Waals surface area contributed by atoms with Crippen LogP contribution in [-0.2, 0) is 23.2 Å². The molecule has 0 radical (unpaired) electrons. The zero-order chi connectivity index (χ0) is 12.2. The molecule has 1 saturated heterocycles. The van der Waals surface area contributed by atoms with E-state index in [1.165, 1.54) is 13.8 Å². The second-order valence-corrected chi connectivity index (χ2v) is 7.40. The van der Waals surface area contributed by atoms with Gasteiger partial charge in [-0.2, -0.15) is 0 Å². The van der Waals surface area contributed by atoms with Crippen molar-refractivity contribution < 1.29 is 23.2 Å². The number of carbonyl (C=O) groups excluding carboxylic acids is 2.